The molecular weight excluding hydrogens is 250 g/mol. The molecule has 2 rings (SSSR count). The fourth-order valence-corrected chi connectivity index (χ4v) is 3.08. The van der Waals surface area contributed by atoms with Crippen LogP contribution < -0.4 is 5.32 Å². The van der Waals surface area contributed by atoms with Crippen LogP contribution in [0.3, 0.4) is 0 Å². The third kappa shape index (κ3) is 3.83. The molecule has 0 aromatic carbocycles. The number of aryl methyl sites for hydroxylation is 1. The average molecular weight is 279 g/mol. The summed E-state index contributed by atoms with van der Waals surface area (Å²) in [7, 11) is 1.96. The standard InChI is InChI=1S/C16H29N3O/c1-12(2)15-14(10-19(4)18-15)9-17-11-16(20)7-5-13(3)6-8-16/h10,12-13,17,20H,5-9,11H2,1-4H3. The summed E-state index contributed by atoms with van der Waals surface area (Å²) < 4.78 is 1.88. The van der Waals surface area contributed by atoms with Crippen molar-refractivity contribution < 1.29 is 5.11 Å². The summed E-state index contributed by atoms with van der Waals surface area (Å²) in [5.41, 5.74) is 1.90. The Balaban J connectivity index is 1.87. The molecule has 114 valence electrons. The normalized spacial score (nSPS) is 27.2. The van der Waals surface area contributed by atoms with Gasteiger partial charge in [-0.3, -0.25) is 4.68 Å². The smallest absolute Gasteiger partial charge is 0.0771 e. The molecule has 1 saturated carbocycles. The maximum absolute atomic E-state index is 10.6. The molecule has 1 aromatic heterocycles. The van der Waals surface area contributed by atoms with Gasteiger partial charge in [0.1, 0.15) is 0 Å². The van der Waals surface area contributed by atoms with Crippen molar-refractivity contribution in [2.75, 3.05) is 6.54 Å². The van der Waals surface area contributed by atoms with Gasteiger partial charge in [0, 0.05) is 31.9 Å². The van der Waals surface area contributed by atoms with E-state index >= 15 is 0 Å². The van der Waals surface area contributed by atoms with E-state index in [1.54, 1.807) is 0 Å². The predicted octanol–water partition coefficient (Wildman–Crippen LogP) is 2.57. The molecule has 20 heavy (non-hydrogen) atoms. The van der Waals surface area contributed by atoms with Crippen molar-refractivity contribution in [3.05, 3.63) is 17.5 Å². The Kier molecular flexibility index (Phi) is 4.86. The highest BCUT2D eigenvalue weighted by Gasteiger charge is 2.31. The molecular formula is C16H29N3O. The lowest BCUT2D eigenvalue weighted by Crippen LogP contribution is -2.43. The van der Waals surface area contributed by atoms with Gasteiger partial charge in [0.25, 0.3) is 0 Å². The zero-order valence-corrected chi connectivity index (χ0v) is 13.3. The van der Waals surface area contributed by atoms with Crippen LogP contribution in [-0.4, -0.2) is 27.0 Å². The molecule has 1 aliphatic carbocycles. The second-order valence-corrected chi connectivity index (χ2v) is 6.88. The van der Waals surface area contributed by atoms with E-state index in [1.165, 1.54) is 5.56 Å². The molecule has 0 unspecified atom stereocenters. The summed E-state index contributed by atoms with van der Waals surface area (Å²) in [4.78, 5) is 0. The summed E-state index contributed by atoms with van der Waals surface area (Å²) in [6.07, 6.45) is 6.20. The molecule has 4 heteroatoms. The molecule has 0 aliphatic heterocycles. The van der Waals surface area contributed by atoms with E-state index in [0.29, 0.717) is 12.5 Å². The highest BCUT2D eigenvalue weighted by molar-refractivity contribution is 5.20. The zero-order chi connectivity index (χ0) is 14.8. The predicted molar refractivity (Wildman–Crippen MR) is 81.6 cm³/mol. The van der Waals surface area contributed by atoms with Gasteiger partial charge in [-0.2, -0.15) is 5.10 Å². The van der Waals surface area contributed by atoms with Crippen LogP contribution in [0.25, 0.3) is 0 Å². The highest BCUT2D eigenvalue weighted by atomic mass is 16.3. The Bertz CT molecular complexity index is 431. The summed E-state index contributed by atoms with van der Waals surface area (Å²) in [6, 6.07) is 0. The Morgan fingerprint density at radius 3 is 2.70 bits per heavy atom. The van der Waals surface area contributed by atoms with Gasteiger partial charge in [-0.25, -0.2) is 0 Å². The Labute approximate surface area is 122 Å². The molecule has 1 aliphatic rings. The molecule has 4 nitrogen and oxygen atoms in total. The lowest BCUT2D eigenvalue weighted by atomic mass is 9.79. The molecule has 0 bridgehead atoms. The first-order valence-electron chi connectivity index (χ1n) is 7.85. The van der Waals surface area contributed by atoms with Gasteiger partial charge in [-0.1, -0.05) is 20.8 Å². The van der Waals surface area contributed by atoms with Crippen LogP contribution in [0.5, 0.6) is 0 Å². The number of nitrogens with zero attached hydrogens (tertiary/aromatic N) is 2. The minimum absolute atomic E-state index is 0.437. The van der Waals surface area contributed by atoms with Crippen molar-refractivity contribution in [3.63, 3.8) is 0 Å². The first kappa shape index (κ1) is 15.5. The van der Waals surface area contributed by atoms with E-state index in [9.17, 15) is 5.11 Å². The maximum atomic E-state index is 10.6. The van der Waals surface area contributed by atoms with Gasteiger partial charge in [-0.15, -0.1) is 0 Å². The molecule has 0 amide bonds. The minimum Gasteiger partial charge on any atom is -0.389 e. The number of aromatic nitrogens is 2. The Morgan fingerprint density at radius 1 is 1.45 bits per heavy atom. The summed E-state index contributed by atoms with van der Waals surface area (Å²) in [5.74, 6) is 1.20. The average Bonchev–Trinajstić information content (AvgIpc) is 2.75. The van der Waals surface area contributed by atoms with Crippen molar-refractivity contribution in [2.45, 2.75) is 64.5 Å². The molecule has 1 heterocycles. The minimum atomic E-state index is -0.507. The van der Waals surface area contributed by atoms with E-state index in [-0.39, 0.29) is 0 Å². The summed E-state index contributed by atoms with van der Waals surface area (Å²) >= 11 is 0. The lowest BCUT2D eigenvalue weighted by molar-refractivity contribution is -0.00631. The second-order valence-electron chi connectivity index (χ2n) is 6.88. The fourth-order valence-electron chi connectivity index (χ4n) is 3.08. The quantitative estimate of drug-likeness (QED) is 0.871. The van der Waals surface area contributed by atoms with Crippen molar-refractivity contribution in [1.82, 2.24) is 15.1 Å². The third-order valence-corrected chi connectivity index (χ3v) is 4.46. The molecule has 0 radical (unpaired) electrons. The Morgan fingerprint density at radius 2 is 2.10 bits per heavy atom. The molecule has 0 spiro atoms. The first-order chi connectivity index (χ1) is 9.39. The Hall–Kier alpha value is -0.870. The summed E-state index contributed by atoms with van der Waals surface area (Å²) in [6.45, 7) is 8.09. The van der Waals surface area contributed by atoms with Crippen molar-refractivity contribution >= 4 is 0 Å². The molecule has 1 fully saturated rings. The fraction of sp³-hybridized carbons (Fsp3) is 0.812. The van der Waals surface area contributed by atoms with Crippen molar-refractivity contribution in [1.29, 1.82) is 0 Å². The van der Waals surface area contributed by atoms with Gasteiger partial charge < -0.3 is 10.4 Å². The topological polar surface area (TPSA) is 50.1 Å². The zero-order valence-electron chi connectivity index (χ0n) is 13.3. The van der Waals surface area contributed by atoms with Gasteiger partial charge in [-0.05, 0) is 37.5 Å². The second kappa shape index (κ2) is 6.27. The van der Waals surface area contributed by atoms with E-state index in [2.05, 4.69) is 37.4 Å². The van der Waals surface area contributed by atoms with Crippen LogP contribution in [0, 0.1) is 5.92 Å². The summed E-state index contributed by atoms with van der Waals surface area (Å²) in [5, 5.41) is 18.5. The van der Waals surface area contributed by atoms with Crippen LogP contribution in [-0.2, 0) is 13.6 Å². The lowest BCUT2D eigenvalue weighted by Gasteiger charge is -2.35. The van der Waals surface area contributed by atoms with Crippen LogP contribution in [0.4, 0.5) is 0 Å². The largest absolute Gasteiger partial charge is 0.389 e. The highest BCUT2D eigenvalue weighted by Crippen LogP contribution is 2.31. The molecule has 0 atom stereocenters. The van der Waals surface area contributed by atoms with E-state index in [1.807, 2.05) is 11.7 Å². The maximum Gasteiger partial charge on any atom is 0.0771 e. The number of nitrogens with one attached hydrogen (secondary N) is 1. The number of rotatable bonds is 5. The van der Waals surface area contributed by atoms with Crippen LogP contribution in [0.2, 0.25) is 0 Å². The van der Waals surface area contributed by atoms with Crippen LogP contribution >= 0.6 is 0 Å². The molecule has 1 aromatic rings. The molecule has 0 saturated heterocycles. The van der Waals surface area contributed by atoms with Gasteiger partial charge >= 0.3 is 0 Å². The monoisotopic (exact) mass is 279 g/mol. The van der Waals surface area contributed by atoms with Crippen molar-refractivity contribution in [2.24, 2.45) is 13.0 Å². The van der Waals surface area contributed by atoms with Crippen molar-refractivity contribution in [3.8, 4) is 0 Å². The van der Waals surface area contributed by atoms with Gasteiger partial charge in [0.15, 0.2) is 0 Å². The van der Waals surface area contributed by atoms with E-state index in [0.717, 1.165) is 43.8 Å². The first-order valence-corrected chi connectivity index (χ1v) is 7.85. The number of hydrogen-bond donors (Lipinski definition) is 2. The van der Waals surface area contributed by atoms with Gasteiger partial charge in [0.2, 0.25) is 0 Å². The number of hydrogen-bond acceptors (Lipinski definition) is 3. The van der Waals surface area contributed by atoms with E-state index < -0.39 is 5.60 Å². The van der Waals surface area contributed by atoms with E-state index in [4.69, 9.17) is 0 Å². The number of aliphatic hydroxyl groups is 1. The SMILES string of the molecule is CC1CCC(O)(CNCc2cn(C)nc2C(C)C)CC1. The third-order valence-electron chi connectivity index (χ3n) is 4.46. The van der Waals surface area contributed by atoms with Crippen LogP contribution in [0.1, 0.15) is 63.6 Å². The van der Waals surface area contributed by atoms with Crippen LogP contribution in [0.15, 0.2) is 6.20 Å². The molecule has 2 N–H and O–H groups in total. The van der Waals surface area contributed by atoms with Gasteiger partial charge in [0.05, 0.1) is 11.3 Å².